The van der Waals surface area contributed by atoms with E-state index < -0.39 is 5.60 Å². The van der Waals surface area contributed by atoms with Gasteiger partial charge in [-0.2, -0.15) is 0 Å². The van der Waals surface area contributed by atoms with Crippen LogP contribution in [0.3, 0.4) is 0 Å². The Morgan fingerprint density at radius 1 is 1.10 bits per heavy atom. The number of esters is 1. The van der Waals surface area contributed by atoms with Gasteiger partial charge in [-0.1, -0.05) is 13.8 Å². The van der Waals surface area contributed by atoms with E-state index in [1.165, 1.54) is 12.1 Å². The van der Waals surface area contributed by atoms with Gasteiger partial charge in [0.15, 0.2) is 0 Å². The fourth-order valence-electron chi connectivity index (χ4n) is 6.28. The number of hydrogen-bond donors (Lipinski definition) is 0. The summed E-state index contributed by atoms with van der Waals surface area (Å²) in [5, 5.41) is 0. The minimum absolute atomic E-state index is 0.0207. The van der Waals surface area contributed by atoms with Crippen molar-refractivity contribution in [3.63, 3.8) is 0 Å². The number of ether oxygens (including phenoxy) is 3. The van der Waals surface area contributed by atoms with E-state index in [1.807, 2.05) is 45.6 Å². The molecule has 2 aromatic carbocycles. The molecule has 3 atom stereocenters. The Morgan fingerprint density at radius 3 is 2.60 bits per heavy atom. The van der Waals surface area contributed by atoms with Crippen LogP contribution in [0.15, 0.2) is 42.6 Å². The highest BCUT2D eigenvalue weighted by Gasteiger charge is 2.61. The zero-order valence-electron chi connectivity index (χ0n) is 23.7. The van der Waals surface area contributed by atoms with E-state index in [1.54, 1.807) is 31.5 Å². The minimum Gasteiger partial charge on any atom is -0.497 e. The lowest BCUT2D eigenvalue weighted by Crippen LogP contribution is -2.26. The number of rotatable bonds is 6. The molecule has 0 saturated heterocycles. The smallest absolute Gasteiger partial charge is 0.310 e. The van der Waals surface area contributed by atoms with E-state index in [2.05, 4.69) is 4.98 Å². The van der Waals surface area contributed by atoms with Crippen LogP contribution in [0.5, 0.6) is 11.6 Å². The summed E-state index contributed by atoms with van der Waals surface area (Å²) in [5.74, 6) is 0.336. The number of hydrogen-bond acceptors (Lipinski definition) is 6. The molecule has 2 aliphatic carbocycles. The van der Waals surface area contributed by atoms with Gasteiger partial charge in [-0.25, -0.2) is 13.8 Å². The molecule has 0 N–H and O–H groups in total. The van der Waals surface area contributed by atoms with Gasteiger partial charge in [-0.05, 0) is 74.1 Å². The van der Waals surface area contributed by atoms with Gasteiger partial charge >= 0.3 is 5.97 Å². The maximum Gasteiger partial charge on any atom is 0.310 e. The van der Waals surface area contributed by atoms with E-state index in [0.717, 1.165) is 28.8 Å². The Morgan fingerprint density at radius 2 is 1.88 bits per heavy atom. The van der Waals surface area contributed by atoms with Crippen LogP contribution in [0.1, 0.15) is 62.8 Å². The Hall–Kier alpha value is -3.68. The van der Waals surface area contributed by atoms with Gasteiger partial charge in [0.05, 0.1) is 18.7 Å². The number of fused-ring (bicyclic) bond motifs is 4. The highest BCUT2D eigenvalue weighted by atomic mass is 19.1. The first-order valence-corrected chi connectivity index (χ1v) is 13.6. The molecule has 0 amide bonds. The summed E-state index contributed by atoms with van der Waals surface area (Å²) in [5.41, 5.74) is 3.58. The van der Waals surface area contributed by atoms with Crippen LogP contribution in [0, 0.1) is 23.5 Å². The maximum atomic E-state index is 15.3. The molecule has 2 heterocycles. The predicted molar refractivity (Wildman–Crippen MR) is 147 cm³/mol. The van der Waals surface area contributed by atoms with Crippen LogP contribution >= 0.6 is 0 Å². The van der Waals surface area contributed by atoms with E-state index in [-0.39, 0.29) is 47.4 Å². The van der Waals surface area contributed by atoms with E-state index >= 15 is 4.39 Å². The van der Waals surface area contributed by atoms with Crippen LogP contribution in [-0.2, 0) is 28.0 Å². The number of anilines is 2. The van der Waals surface area contributed by atoms with Crippen molar-refractivity contribution in [2.45, 2.75) is 64.6 Å². The molecule has 1 aromatic heterocycles. The molecule has 3 aliphatic rings. The lowest BCUT2D eigenvalue weighted by molar-refractivity contribution is -0.157. The molecule has 8 heteroatoms. The standard InChI is InChI=1S/C32H34F2N2O4/c1-31(2,3)40-30(37)29-20-9-17-11-27(35-14-21(17)28(20)29)39-15-18-10-25-22(13-24(18)34)32(4,5)16-36(25)26-12-19(38-6)7-8-23(26)33/h7-8,10-14,20,28-29H,9,15-16H2,1-6H3/t20-,28-,29+/m1/s1. The van der Waals surface area contributed by atoms with Crippen molar-refractivity contribution in [1.29, 1.82) is 0 Å². The van der Waals surface area contributed by atoms with Crippen molar-refractivity contribution in [3.8, 4) is 11.6 Å². The summed E-state index contributed by atoms with van der Waals surface area (Å²) < 4.78 is 47.0. The maximum absolute atomic E-state index is 15.3. The molecule has 40 heavy (non-hydrogen) atoms. The lowest BCUT2D eigenvalue weighted by Gasteiger charge is -2.23. The SMILES string of the molecule is COc1ccc(F)c(N2CC(C)(C)c3cc(F)c(COc4cc5c(cn4)[C@H]4[C@@H](C5)[C@@H]4C(=O)OC(C)(C)C)cc32)c1. The summed E-state index contributed by atoms with van der Waals surface area (Å²) >= 11 is 0. The van der Waals surface area contributed by atoms with Crippen LogP contribution in [0.25, 0.3) is 0 Å². The molecule has 0 unspecified atom stereocenters. The fraction of sp³-hybridized carbons (Fsp3) is 0.438. The van der Waals surface area contributed by atoms with Crippen molar-refractivity contribution in [3.05, 3.63) is 76.5 Å². The molecule has 1 fully saturated rings. The second kappa shape index (κ2) is 9.18. The lowest BCUT2D eigenvalue weighted by atomic mass is 9.86. The summed E-state index contributed by atoms with van der Waals surface area (Å²) in [6.45, 7) is 10.1. The Labute approximate surface area is 233 Å². The van der Waals surface area contributed by atoms with E-state index in [4.69, 9.17) is 14.2 Å². The molecule has 6 nitrogen and oxygen atoms in total. The molecule has 0 bridgehead atoms. The third-order valence-corrected chi connectivity index (χ3v) is 8.22. The van der Waals surface area contributed by atoms with Crippen molar-refractivity contribution >= 4 is 17.3 Å². The molecule has 3 aromatic rings. The molecule has 0 radical (unpaired) electrons. The molecule has 1 aliphatic heterocycles. The Bertz CT molecular complexity index is 1510. The van der Waals surface area contributed by atoms with Gasteiger partial charge < -0.3 is 19.1 Å². The van der Waals surface area contributed by atoms with Gasteiger partial charge in [0.2, 0.25) is 5.88 Å². The van der Waals surface area contributed by atoms with Crippen molar-refractivity contribution in [1.82, 2.24) is 4.98 Å². The third-order valence-electron chi connectivity index (χ3n) is 8.22. The largest absolute Gasteiger partial charge is 0.497 e. The average molecular weight is 549 g/mol. The van der Waals surface area contributed by atoms with E-state index in [0.29, 0.717) is 29.4 Å². The summed E-state index contributed by atoms with van der Waals surface area (Å²) in [4.78, 5) is 18.9. The zero-order chi connectivity index (χ0) is 28.6. The molecule has 1 saturated carbocycles. The summed E-state index contributed by atoms with van der Waals surface area (Å²) in [7, 11) is 1.54. The number of pyridine rings is 1. The number of halogens is 2. The summed E-state index contributed by atoms with van der Waals surface area (Å²) in [6.07, 6.45) is 2.54. The normalized spacial score (nSPS) is 21.9. The Balaban J connectivity index is 1.20. The fourth-order valence-corrected chi connectivity index (χ4v) is 6.28. The minimum atomic E-state index is -0.505. The number of methoxy groups -OCH3 is 1. The van der Waals surface area contributed by atoms with Crippen LogP contribution in [0.4, 0.5) is 20.2 Å². The van der Waals surface area contributed by atoms with Crippen LogP contribution in [-0.4, -0.2) is 30.2 Å². The van der Waals surface area contributed by atoms with Crippen molar-refractivity contribution < 1.29 is 27.8 Å². The molecule has 0 spiro atoms. The highest BCUT2D eigenvalue weighted by molar-refractivity contribution is 5.80. The second-order valence-corrected chi connectivity index (χ2v) is 12.7. The molecular weight excluding hydrogens is 514 g/mol. The van der Waals surface area contributed by atoms with Gasteiger partial charge in [0.1, 0.15) is 29.6 Å². The first-order valence-electron chi connectivity index (χ1n) is 13.6. The average Bonchev–Trinajstić information content (AvgIpc) is 3.38. The molecular formula is C32H34F2N2O4. The van der Waals surface area contributed by atoms with Gasteiger partial charge in [0, 0.05) is 47.5 Å². The van der Waals surface area contributed by atoms with Gasteiger partial charge in [-0.15, -0.1) is 0 Å². The third kappa shape index (κ3) is 4.57. The number of benzene rings is 2. The number of carbonyl (C=O) groups is 1. The number of nitrogens with zero attached hydrogens (tertiary/aromatic N) is 2. The number of aromatic nitrogens is 1. The highest BCUT2D eigenvalue weighted by Crippen LogP contribution is 2.62. The van der Waals surface area contributed by atoms with Gasteiger partial charge in [0.25, 0.3) is 0 Å². The van der Waals surface area contributed by atoms with Crippen LogP contribution < -0.4 is 14.4 Å². The monoisotopic (exact) mass is 548 g/mol. The zero-order valence-corrected chi connectivity index (χ0v) is 23.7. The van der Waals surface area contributed by atoms with Gasteiger partial charge in [-0.3, -0.25) is 4.79 Å². The van der Waals surface area contributed by atoms with Crippen molar-refractivity contribution in [2.75, 3.05) is 18.6 Å². The number of carbonyl (C=O) groups excluding carboxylic acids is 1. The van der Waals surface area contributed by atoms with Crippen LogP contribution in [0.2, 0.25) is 0 Å². The molecule has 210 valence electrons. The Kier molecular flexibility index (Phi) is 6.09. The first-order chi connectivity index (χ1) is 18.9. The van der Waals surface area contributed by atoms with Crippen molar-refractivity contribution in [2.24, 2.45) is 11.8 Å². The second-order valence-electron chi connectivity index (χ2n) is 12.7. The predicted octanol–water partition coefficient (Wildman–Crippen LogP) is 6.60. The topological polar surface area (TPSA) is 60.9 Å². The van der Waals surface area contributed by atoms with E-state index in [9.17, 15) is 9.18 Å². The first kappa shape index (κ1) is 26.5. The quantitative estimate of drug-likeness (QED) is 0.324. The molecule has 6 rings (SSSR count). The summed E-state index contributed by atoms with van der Waals surface area (Å²) in [6, 6.07) is 9.78.